The molecule has 8 N–H and O–H groups in total. The molecule has 2 aromatic rings. The maximum atomic E-state index is 13.2. The average molecular weight is 662 g/mol. The number of phenolic OH excluding ortho intramolecular Hbond substituents is 1. The summed E-state index contributed by atoms with van der Waals surface area (Å²) in [5, 5.41) is 29.3. The molecule has 0 aliphatic carbocycles. The third-order valence-electron chi connectivity index (χ3n) is 6.96. The highest BCUT2D eigenvalue weighted by atomic mass is 32.1. The van der Waals surface area contributed by atoms with Gasteiger partial charge in [0.25, 0.3) is 0 Å². The van der Waals surface area contributed by atoms with Gasteiger partial charge < -0.3 is 37.2 Å². The van der Waals surface area contributed by atoms with Crippen LogP contribution in [0.3, 0.4) is 0 Å². The fourth-order valence-corrected chi connectivity index (χ4v) is 4.77. The number of amides is 4. The Morgan fingerprint density at radius 2 is 1.40 bits per heavy atom. The molecule has 4 amide bonds. The fourth-order valence-electron chi connectivity index (χ4n) is 4.41. The second-order valence-electron chi connectivity index (χ2n) is 12.0. The van der Waals surface area contributed by atoms with Gasteiger partial charge in [0.2, 0.25) is 23.6 Å². The Kier molecular flexibility index (Phi) is 13.3. The lowest BCUT2D eigenvalue weighted by atomic mass is 9.98. The lowest BCUT2D eigenvalue weighted by Crippen LogP contribution is -2.60. The topological polar surface area (TPSA) is 200 Å². The first-order valence-corrected chi connectivity index (χ1v) is 15.1. The van der Waals surface area contributed by atoms with Crippen LogP contribution in [0.1, 0.15) is 44.4 Å². The van der Waals surface area contributed by atoms with E-state index in [2.05, 4.69) is 46.5 Å². The number of hydrogen-bond acceptors (Lipinski definition) is 9. The summed E-state index contributed by atoms with van der Waals surface area (Å²) in [7, 11) is 0. The SMILES string of the molecule is Cc1cc(O)ccc1C[C@H](N)C(=O)N[C@@H](C(=O)NCC(=O)N[C@@H](Cc1ccccc1)C(=O)N[C@@H](C(=O)O)C(C)(C)S)C(C)(C)S. The second kappa shape index (κ2) is 16.0. The molecular weight excluding hydrogens is 619 g/mol. The fraction of sp³-hybridized carbons (Fsp3) is 0.452. The highest BCUT2D eigenvalue weighted by molar-refractivity contribution is 7.82. The van der Waals surface area contributed by atoms with Gasteiger partial charge in [-0.25, -0.2) is 4.79 Å². The van der Waals surface area contributed by atoms with Gasteiger partial charge in [-0.3, -0.25) is 19.2 Å². The Morgan fingerprint density at radius 3 is 1.93 bits per heavy atom. The Hall–Kier alpha value is -3.75. The van der Waals surface area contributed by atoms with Crippen molar-refractivity contribution in [3.8, 4) is 5.75 Å². The number of hydrogen-bond donors (Lipinski definition) is 9. The summed E-state index contributed by atoms with van der Waals surface area (Å²) in [6, 6.07) is 8.78. The van der Waals surface area contributed by atoms with Gasteiger partial charge in [-0.1, -0.05) is 36.4 Å². The number of rotatable bonds is 15. The zero-order chi connectivity index (χ0) is 34.1. The number of benzene rings is 2. The lowest BCUT2D eigenvalue weighted by Gasteiger charge is -2.30. The summed E-state index contributed by atoms with van der Waals surface area (Å²) in [5.74, 6) is -4.00. The summed E-state index contributed by atoms with van der Waals surface area (Å²) in [6.45, 7) is 7.52. The zero-order valence-corrected chi connectivity index (χ0v) is 27.7. The van der Waals surface area contributed by atoms with Crippen molar-refractivity contribution in [2.45, 2.75) is 81.1 Å². The minimum absolute atomic E-state index is 0.0481. The minimum Gasteiger partial charge on any atom is -0.508 e. The van der Waals surface area contributed by atoms with E-state index in [-0.39, 0.29) is 18.6 Å². The Bertz CT molecular complexity index is 1380. The van der Waals surface area contributed by atoms with Gasteiger partial charge in [0, 0.05) is 15.9 Å². The van der Waals surface area contributed by atoms with Gasteiger partial charge >= 0.3 is 5.97 Å². The molecule has 246 valence electrons. The number of nitrogens with one attached hydrogen (secondary N) is 4. The van der Waals surface area contributed by atoms with E-state index in [0.717, 1.165) is 11.1 Å². The van der Waals surface area contributed by atoms with Crippen LogP contribution in [0.5, 0.6) is 5.75 Å². The molecule has 4 atom stereocenters. The zero-order valence-electron chi connectivity index (χ0n) is 26.0. The molecule has 0 spiro atoms. The highest BCUT2D eigenvalue weighted by Gasteiger charge is 2.37. The summed E-state index contributed by atoms with van der Waals surface area (Å²) >= 11 is 8.75. The predicted octanol–water partition coefficient (Wildman–Crippen LogP) is 0.885. The third kappa shape index (κ3) is 11.9. The van der Waals surface area contributed by atoms with E-state index in [4.69, 9.17) is 5.73 Å². The van der Waals surface area contributed by atoms with Crippen LogP contribution < -0.4 is 27.0 Å². The van der Waals surface area contributed by atoms with Crippen LogP contribution in [0.4, 0.5) is 0 Å². The maximum absolute atomic E-state index is 13.2. The van der Waals surface area contributed by atoms with E-state index < -0.39 is 69.8 Å². The molecular formula is C31H43N5O7S2. The molecule has 45 heavy (non-hydrogen) atoms. The normalized spacial score (nSPS) is 14.3. The van der Waals surface area contributed by atoms with Crippen LogP contribution in [-0.4, -0.2) is 80.0 Å². The molecule has 0 aliphatic rings. The predicted molar refractivity (Wildman–Crippen MR) is 177 cm³/mol. The van der Waals surface area contributed by atoms with Crippen LogP contribution in [0.2, 0.25) is 0 Å². The number of aromatic hydroxyl groups is 1. The number of carbonyl (C=O) groups is 5. The minimum atomic E-state index is -1.35. The van der Waals surface area contributed by atoms with Crippen molar-refractivity contribution in [1.29, 1.82) is 0 Å². The van der Waals surface area contributed by atoms with Crippen molar-refractivity contribution in [1.82, 2.24) is 21.3 Å². The van der Waals surface area contributed by atoms with E-state index in [0.29, 0.717) is 5.56 Å². The first-order valence-electron chi connectivity index (χ1n) is 14.2. The van der Waals surface area contributed by atoms with Crippen LogP contribution in [0.15, 0.2) is 48.5 Å². The number of thiol groups is 2. The average Bonchev–Trinajstić information content (AvgIpc) is 2.93. The summed E-state index contributed by atoms with van der Waals surface area (Å²) < 4.78 is -2.17. The van der Waals surface area contributed by atoms with Crippen molar-refractivity contribution in [3.63, 3.8) is 0 Å². The van der Waals surface area contributed by atoms with Crippen molar-refractivity contribution in [2.24, 2.45) is 5.73 Å². The highest BCUT2D eigenvalue weighted by Crippen LogP contribution is 2.20. The lowest BCUT2D eigenvalue weighted by molar-refractivity contribution is -0.143. The van der Waals surface area contributed by atoms with E-state index in [9.17, 15) is 34.2 Å². The Balaban J connectivity index is 2.11. The molecule has 0 aliphatic heterocycles. The molecule has 0 saturated carbocycles. The standard InChI is InChI=1S/C31H43N5O7S2/c1-17-13-20(37)12-11-19(17)15-21(32)26(39)35-24(30(2,3)44)28(41)33-16-23(38)34-22(14-18-9-7-6-8-10-18)27(40)36-25(29(42)43)31(4,5)45/h6-13,21-22,24-25,37,44-45H,14-16,32H2,1-5H3,(H,33,41)(H,34,38)(H,35,39)(H,36,40)(H,42,43)/t21-,22-,24-,25-/m0/s1. The molecule has 0 saturated heterocycles. The quantitative estimate of drug-likeness (QED) is 0.125. The smallest absolute Gasteiger partial charge is 0.327 e. The van der Waals surface area contributed by atoms with Crippen molar-refractivity contribution in [3.05, 3.63) is 65.2 Å². The molecule has 0 unspecified atom stereocenters. The van der Waals surface area contributed by atoms with E-state index >= 15 is 0 Å². The van der Waals surface area contributed by atoms with Crippen LogP contribution in [-0.2, 0) is 36.8 Å². The summed E-state index contributed by atoms with van der Waals surface area (Å²) in [6.07, 6.45) is 0.201. The number of aliphatic carboxylic acids is 1. The Morgan fingerprint density at radius 1 is 0.822 bits per heavy atom. The van der Waals surface area contributed by atoms with Crippen molar-refractivity contribution < 1.29 is 34.2 Å². The monoisotopic (exact) mass is 661 g/mol. The number of phenols is 1. The largest absolute Gasteiger partial charge is 0.508 e. The first kappa shape index (κ1) is 37.4. The summed E-state index contributed by atoms with van der Waals surface area (Å²) in [5.41, 5.74) is 8.33. The van der Waals surface area contributed by atoms with Gasteiger partial charge in [0.1, 0.15) is 23.9 Å². The maximum Gasteiger partial charge on any atom is 0.327 e. The van der Waals surface area contributed by atoms with E-state index in [1.165, 1.54) is 19.9 Å². The molecule has 0 bridgehead atoms. The molecule has 0 fully saturated rings. The van der Waals surface area contributed by atoms with Crippen LogP contribution >= 0.6 is 25.3 Å². The van der Waals surface area contributed by atoms with Gasteiger partial charge in [0.05, 0.1) is 12.6 Å². The van der Waals surface area contributed by atoms with Gasteiger partial charge in [-0.05, 0) is 69.9 Å². The van der Waals surface area contributed by atoms with Gasteiger partial charge in [-0.15, -0.1) is 0 Å². The Labute approximate surface area is 274 Å². The number of carbonyl (C=O) groups excluding carboxylic acids is 4. The molecule has 0 aromatic heterocycles. The molecule has 14 heteroatoms. The van der Waals surface area contributed by atoms with Crippen molar-refractivity contribution in [2.75, 3.05) is 6.54 Å². The molecule has 2 aromatic carbocycles. The first-order chi connectivity index (χ1) is 20.8. The van der Waals surface area contributed by atoms with Crippen LogP contribution in [0, 0.1) is 6.92 Å². The number of carboxylic acid groups (broad SMARTS) is 1. The molecule has 0 heterocycles. The molecule has 2 rings (SSSR count). The van der Waals surface area contributed by atoms with E-state index in [1.807, 2.05) is 0 Å². The van der Waals surface area contributed by atoms with Crippen molar-refractivity contribution >= 4 is 54.9 Å². The molecule has 0 radical (unpaired) electrons. The number of carboxylic acids is 1. The van der Waals surface area contributed by atoms with Gasteiger partial charge in [-0.2, -0.15) is 25.3 Å². The second-order valence-corrected chi connectivity index (χ2v) is 14.3. The van der Waals surface area contributed by atoms with Crippen LogP contribution in [0.25, 0.3) is 0 Å². The third-order valence-corrected chi connectivity index (χ3v) is 7.47. The number of aryl methyl sites for hydroxylation is 1. The summed E-state index contributed by atoms with van der Waals surface area (Å²) in [4.78, 5) is 64.0. The number of nitrogens with two attached hydrogens (primary N) is 1. The molecule has 12 nitrogen and oxygen atoms in total. The van der Waals surface area contributed by atoms with E-state index in [1.54, 1.807) is 63.2 Å². The van der Waals surface area contributed by atoms with Gasteiger partial charge in [0.15, 0.2) is 0 Å².